The number of anilines is 1. The van der Waals surface area contributed by atoms with Crippen LogP contribution in [0.25, 0.3) is 10.2 Å². The monoisotopic (exact) mass is 415 g/mol. The van der Waals surface area contributed by atoms with Crippen molar-refractivity contribution in [3.8, 4) is 0 Å². The first-order valence-electron chi connectivity index (χ1n) is 9.60. The van der Waals surface area contributed by atoms with Gasteiger partial charge in [0.2, 0.25) is 10.0 Å². The number of fused-ring (bicyclic) bond motifs is 1. The normalized spacial score (nSPS) is 16.0. The van der Waals surface area contributed by atoms with Crippen LogP contribution < -0.4 is 4.90 Å². The Morgan fingerprint density at radius 3 is 2.46 bits per heavy atom. The summed E-state index contributed by atoms with van der Waals surface area (Å²) in [6, 6.07) is 11.9. The molecular weight excluding hydrogens is 390 g/mol. The van der Waals surface area contributed by atoms with Gasteiger partial charge in [-0.05, 0) is 49.6 Å². The standard InChI is InChI=1S/C21H25N3O2S2/c1-4-17-6-7-18-19(14-17)27-21(22-18)23-9-11-24(12-10-23)28(25,26)20-8-5-15(2)13-16(20)3/h5-8,13-14H,4,9-12H2,1-3H3. The fraction of sp³-hybridized carbons (Fsp3) is 0.381. The molecule has 1 aliphatic rings. The molecule has 5 nitrogen and oxygen atoms in total. The first-order chi connectivity index (χ1) is 13.4. The van der Waals surface area contributed by atoms with Crippen LogP contribution in [0.3, 0.4) is 0 Å². The Morgan fingerprint density at radius 2 is 1.79 bits per heavy atom. The van der Waals surface area contributed by atoms with Gasteiger partial charge in [-0.1, -0.05) is 42.0 Å². The van der Waals surface area contributed by atoms with Crippen LogP contribution >= 0.6 is 11.3 Å². The van der Waals surface area contributed by atoms with E-state index < -0.39 is 10.0 Å². The van der Waals surface area contributed by atoms with Crippen LogP contribution in [-0.2, 0) is 16.4 Å². The van der Waals surface area contributed by atoms with Crippen molar-refractivity contribution in [1.82, 2.24) is 9.29 Å². The van der Waals surface area contributed by atoms with Gasteiger partial charge in [-0.2, -0.15) is 4.31 Å². The van der Waals surface area contributed by atoms with Crippen molar-refractivity contribution in [3.05, 3.63) is 53.1 Å². The molecule has 4 rings (SSSR count). The number of aryl methyl sites for hydroxylation is 3. The Balaban J connectivity index is 1.51. The smallest absolute Gasteiger partial charge is 0.243 e. The second-order valence-electron chi connectivity index (χ2n) is 7.31. The molecule has 1 fully saturated rings. The first-order valence-corrected chi connectivity index (χ1v) is 11.9. The fourth-order valence-corrected chi connectivity index (χ4v) is 6.37. The lowest BCUT2D eigenvalue weighted by Crippen LogP contribution is -2.48. The molecule has 0 saturated carbocycles. The molecule has 0 atom stereocenters. The lowest BCUT2D eigenvalue weighted by molar-refractivity contribution is 0.384. The zero-order valence-corrected chi connectivity index (χ0v) is 18.1. The molecular formula is C21H25N3O2S2. The summed E-state index contributed by atoms with van der Waals surface area (Å²) in [6.07, 6.45) is 1.01. The van der Waals surface area contributed by atoms with Crippen LogP contribution in [0.2, 0.25) is 0 Å². The summed E-state index contributed by atoms with van der Waals surface area (Å²) in [6.45, 7) is 8.26. The van der Waals surface area contributed by atoms with E-state index in [1.165, 1.54) is 10.3 Å². The van der Waals surface area contributed by atoms with E-state index in [0.717, 1.165) is 28.2 Å². The predicted octanol–water partition coefficient (Wildman–Crippen LogP) is 3.99. The number of nitrogens with zero attached hydrogens (tertiary/aromatic N) is 3. The maximum atomic E-state index is 13.1. The van der Waals surface area contributed by atoms with Crippen molar-refractivity contribution >= 4 is 36.7 Å². The SMILES string of the molecule is CCc1ccc2nc(N3CCN(S(=O)(=O)c4ccc(C)cc4C)CC3)sc2c1. The summed E-state index contributed by atoms with van der Waals surface area (Å²) >= 11 is 1.69. The Morgan fingerprint density at radius 1 is 1.04 bits per heavy atom. The van der Waals surface area contributed by atoms with Gasteiger partial charge in [0.1, 0.15) is 0 Å². The minimum Gasteiger partial charge on any atom is -0.345 e. The van der Waals surface area contributed by atoms with Gasteiger partial charge in [0.25, 0.3) is 0 Å². The third-order valence-electron chi connectivity index (χ3n) is 5.31. The number of hydrogen-bond acceptors (Lipinski definition) is 5. The van der Waals surface area contributed by atoms with Gasteiger partial charge in [-0.15, -0.1) is 0 Å². The highest BCUT2D eigenvalue weighted by atomic mass is 32.2. The number of benzene rings is 2. The van der Waals surface area contributed by atoms with Crippen molar-refractivity contribution in [1.29, 1.82) is 0 Å². The molecule has 7 heteroatoms. The van der Waals surface area contributed by atoms with Crippen molar-refractivity contribution in [3.63, 3.8) is 0 Å². The molecule has 0 aliphatic carbocycles. The van der Waals surface area contributed by atoms with E-state index in [4.69, 9.17) is 4.98 Å². The molecule has 2 aromatic carbocycles. The van der Waals surface area contributed by atoms with Gasteiger partial charge in [-0.3, -0.25) is 0 Å². The molecule has 2 heterocycles. The zero-order chi connectivity index (χ0) is 19.9. The minimum atomic E-state index is -3.46. The van der Waals surface area contributed by atoms with Crippen LogP contribution in [0.1, 0.15) is 23.6 Å². The third-order valence-corrected chi connectivity index (χ3v) is 8.45. The molecule has 0 bridgehead atoms. The highest BCUT2D eigenvalue weighted by Crippen LogP contribution is 2.31. The lowest BCUT2D eigenvalue weighted by Gasteiger charge is -2.34. The summed E-state index contributed by atoms with van der Waals surface area (Å²) < 4.78 is 28.9. The first kappa shape index (κ1) is 19.4. The van der Waals surface area contributed by atoms with Crippen LogP contribution in [0.15, 0.2) is 41.3 Å². The van der Waals surface area contributed by atoms with Gasteiger partial charge < -0.3 is 4.90 Å². The predicted molar refractivity (Wildman–Crippen MR) is 116 cm³/mol. The van der Waals surface area contributed by atoms with E-state index in [0.29, 0.717) is 31.1 Å². The van der Waals surface area contributed by atoms with Crippen LogP contribution in [0.4, 0.5) is 5.13 Å². The summed E-state index contributed by atoms with van der Waals surface area (Å²) in [7, 11) is -3.46. The van der Waals surface area contributed by atoms with Crippen molar-refractivity contribution < 1.29 is 8.42 Å². The molecule has 148 valence electrons. The molecule has 1 aromatic heterocycles. The summed E-state index contributed by atoms with van der Waals surface area (Å²) in [4.78, 5) is 7.37. The molecule has 0 spiro atoms. The molecule has 3 aromatic rings. The quantitative estimate of drug-likeness (QED) is 0.647. The molecule has 0 radical (unpaired) electrons. The highest BCUT2D eigenvalue weighted by Gasteiger charge is 2.30. The summed E-state index contributed by atoms with van der Waals surface area (Å²) in [5.74, 6) is 0. The maximum absolute atomic E-state index is 13.1. The fourth-order valence-electron chi connectivity index (χ4n) is 3.66. The van der Waals surface area contributed by atoms with Crippen molar-refractivity contribution in [2.24, 2.45) is 0 Å². The van der Waals surface area contributed by atoms with Crippen LogP contribution in [0.5, 0.6) is 0 Å². The number of piperazine rings is 1. The number of thiazole rings is 1. The summed E-state index contributed by atoms with van der Waals surface area (Å²) in [5, 5.41) is 0.979. The van der Waals surface area contributed by atoms with Gasteiger partial charge in [0, 0.05) is 26.2 Å². The van der Waals surface area contributed by atoms with E-state index in [1.54, 1.807) is 21.7 Å². The Labute approximate surface area is 170 Å². The van der Waals surface area contributed by atoms with Crippen LogP contribution in [-0.4, -0.2) is 43.9 Å². The Hall–Kier alpha value is -1.96. The molecule has 1 saturated heterocycles. The summed E-state index contributed by atoms with van der Waals surface area (Å²) in [5.41, 5.74) is 4.21. The third kappa shape index (κ3) is 3.54. The van der Waals surface area contributed by atoms with E-state index in [9.17, 15) is 8.42 Å². The van der Waals surface area contributed by atoms with E-state index in [2.05, 4.69) is 30.0 Å². The second-order valence-corrected chi connectivity index (χ2v) is 10.2. The molecule has 0 amide bonds. The zero-order valence-electron chi connectivity index (χ0n) is 16.5. The number of aromatic nitrogens is 1. The van der Waals surface area contributed by atoms with E-state index >= 15 is 0 Å². The lowest BCUT2D eigenvalue weighted by atomic mass is 10.2. The van der Waals surface area contributed by atoms with Crippen molar-refractivity contribution in [2.45, 2.75) is 32.1 Å². The molecule has 0 N–H and O–H groups in total. The average molecular weight is 416 g/mol. The average Bonchev–Trinajstić information content (AvgIpc) is 3.11. The number of rotatable bonds is 4. The van der Waals surface area contributed by atoms with Gasteiger partial charge in [-0.25, -0.2) is 13.4 Å². The van der Waals surface area contributed by atoms with Gasteiger partial charge in [0.15, 0.2) is 5.13 Å². The Kier molecular flexibility index (Phi) is 5.16. The van der Waals surface area contributed by atoms with Gasteiger partial charge >= 0.3 is 0 Å². The van der Waals surface area contributed by atoms with Crippen LogP contribution in [0, 0.1) is 13.8 Å². The molecule has 1 aliphatic heterocycles. The largest absolute Gasteiger partial charge is 0.345 e. The van der Waals surface area contributed by atoms with Gasteiger partial charge in [0.05, 0.1) is 15.1 Å². The van der Waals surface area contributed by atoms with E-state index in [1.807, 2.05) is 26.0 Å². The second kappa shape index (κ2) is 7.46. The Bertz CT molecular complexity index is 1110. The number of sulfonamides is 1. The van der Waals surface area contributed by atoms with E-state index in [-0.39, 0.29) is 0 Å². The van der Waals surface area contributed by atoms with Crippen molar-refractivity contribution in [2.75, 3.05) is 31.1 Å². The number of hydrogen-bond donors (Lipinski definition) is 0. The maximum Gasteiger partial charge on any atom is 0.243 e. The molecule has 0 unspecified atom stereocenters. The molecule has 28 heavy (non-hydrogen) atoms. The topological polar surface area (TPSA) is 53.5 Å². The highest BCUT2D eigenvalue weighted by molar-refractivity contribution is 7.89. The minimum absolute atomic E-state index is 0.415.